The second-order valence-corrected chi connectivity index (χ2v) is 11.8. The minimum atomic E-state index is -3.20. The molecule has 2 aliphatic carbocycles. The van der Waals surface area contributed by atoms with Gasteiger partial charge < -0.3 is 18.0 Å². The molecule has 5 nitrogen and oxygen atoms in total. The maximum absolute atomic E-state index is 12.5. The van der Waals surface area contributed by atoms with Gasteiger partial charge in [-0.15, -0.1) is 0 Å². The molecular formula is C23H42O5Si. The normalized spacial score (nSPS) is 28.1. The van der Waals surface area contributed by atoms with Crippen molar-refractivity contribution in [2.45, 2.75) is 90.1 Å². The third-order valence-corrected chi connectivity index (χ3v) is 9.74. The van der Waals surface area contributed by atoms with Crippen LogP contribution in [0.5, 0.6) is 0 Å². The van der Waals surface area contributed by atoms with Gasteiger partial charge in [0.05, 0.1) is 0 Å². The summed E-state index contributed by atoms with van der Waals surface area (Å²) in [6, 6.07) is 0. The number of rotatable bonds is 11. The maximum atomic E-state index is 12.5. The molecule has 0 unspecified atom stereocenters. The van der Waals surface area contributed by atoms with Crippen LogP contribution in [0.2, 0.25) is 0 Å². The van der Waals surface area contributed by atoms with Crippen molar-refractivity contribution in [1.82, 2.24) is 0 Å². The Hall–Kier alpha value is -0.693. The molecule has 0 atom stereocenters. The molecule has 2 fully saturated rings. The third kappa shape index (κ3) is 6.64. The van der Waals surface area contributed by atoms with Crippen LogP contribution in [0.15, 0.2) is 11.8 Å². The molecule has 2 aliphatic rings. The molecule has 6 heteroatoms. The van der Waals surface area contributed by atoms with Gasteiger partial charge in [-0.05, 0) is 56.3 Å². The Kier molecular flexibility index (Phi) is 10.4. The molecule has 168 valence electrons. The van der Waals surface area contributed by atoms with Gasteiger partial charge in [-0.3, -0.25) is 0 Å². The molecule has 0 aromatic rings. The minimum Gasteiger partial charge on any atom is -0.459 e. The lowest BCUT2D eigenvalue weighted by Crippen LogP contribution is -2.48. The molecule has 0 spiro atoms. The molecule has 0 aromatic carbocycles. The van der Waals surface area contributed by atoms with Gasteiger partial charge in [0.1, 0.15) is 11.3 Å². The fraction of sp³-hybridized carbons (Fsp3) is 0.870. The highest BCUT2D eigenvalue weighted by atomic mass is 28.4. The van der Waals surface area contributed by atoms with Gasteiger partial charge in [-0.25, -0.2) is 4.79 Å². The zero-order valence-corrected chi connectivity index (χ0v) is 20.0. The van der Waals surface area contributed by atoms with E-state index in [2.05, 4.69) is 13.5 Å². The predicted octanol–water partition coefficient (Wildman–Crippen LogP) is 5.45. The lowest BCUT2D eigenvalue weighted by molar-refractivity contribution is -0.146. The minimum absolute atomic E-state index is 0.0295. The summed E-state index contributed by atoms with van der Waals surface area (Å²) < 4.78 is 21.7. The van der Waals surface area contributed by atoms with E-state index in [0.717, 1.165) is 43.4 Å². The molecule has 0 N–H and O–H groups in total. The first-order chi connectivity index (χ1) is 14.0. The topological polar surface area (TPSA) is 54.0 Å². The number of unbranched alkanes of at least 4 members (excludes halogenated alkanes) is 2. The average molecular weight is 427 g/mol. The first-order valence-corrected chi connectivity index (χ1v) is 13.3. The number of hydrogen-bond acceptors (Lipinski definition) is 5. The molecular weight excluding hydrogens is 384 g/mol. The number of esters is 1. The van der Waals surface area contributed by atoms with Gasteiger partial charge in [0, 0.05) is 21.3 Å². The first-order valence-electron chi connectivity index (χ1n) is 11.5. The highest BCUT2D eigenvalue weighted by molar-refractivity contribution is 6.73. The number of carbonyl (C=O) groups is 1. The monoisotopic (exact) mass is 426 g/mol. The lowest BCUT2D eigenvalue weighted by atomic mass is 9.70. The number of carbonyl (C=O) groups excluding carboxylic acids is 1. The van der Waals surface area contributed by atoms with Gasteiger partial charge in [0.25, 0.3) is 0 Å². The number of hydrogen-bond donors (Lipinski definition) is 0. The summed E-state index contributed by atoms with van der Waals surface area (Å²) in [6.45, 7) is 6.12. The van der Waals surface area contributed by atoms with Crippen LogP contribution in [-0.4, -0.2) is 42.2 Å². The van der Waals surface area contributed by atoms with Crippen molar-refractivity contribution in [3.8, 4) is 0 Å². The van der Waals surface area contributed by atoms with Gasteiger partial charge in [0.15, 0.2) is 0 Å². The molecule has 0 aromatic heterocycles. The standard InChI is InChI=1S/C23H42O5Si/c1-6-7-8-9-19-10-12-20(13-11-19)21-14-16-22(17-15-21)28-23(24)18(2)29(25-3,26-4)27-5/h19-22H,2,6-17H2,1,3-5H3. The Labute approximate surface area is 178 Å². The fourth-order valence-corrected chi connectivity index (χ4v) is 6.82. The van der Waals surface area contributed by atoms with Crippen molar-refractivity contribution in [2.24, 2.45) is 17.8 Å². The van der Waals surface area contributed by atoms with E-state index >= 15 is 0 Å². The Balaban J connectivity index is 1.73. The van der Waals surface area contributed by atoms with Gasteiger partial charge in [-0.1, -0.05) is 52.0 Å². The van der Waals surface area contributed by atoms with Crippen molar-refractivity contribution in [1.29, 1.82) is 0 Å². The molecule has 0 aliphatic heterocycles. The van der Waals surface area contributed by atoms with Crippen molar-refractivity contribution < 1.29 is 22.8 Å². The van der Waals surface area contributed by atoms with Crippen LogP contribution in [0.4, 0.5) is 0 Å². The van der Waals surface area contributed by atoms with E-state index in [-0.39, 0.29) is 11.3 Å². The predicted molar refractivity (Wildman–Crippen MR) is 117 cm³/mol. The third-order valence-electron chi connectivity index (χ3n) is 7.19. The molecule has 0 amide bonds. The molecule has 0 heterocycles. The fourth-order valence-electron chi connectivity index (χ4n) is 5.28. The summed E-state index contributed by atoms with van der Waals surface area (Å²) >= 11 is 0. The second-order valence-electron chi connectivity index (χ2n) is 8.87. The van der Waals surface area contributed by atoms with Crippen LogP contribution < -0.4 is 0 Å². The quantitative estimate of drug-likeness (QED) is 0.190. The molecule has 2 saturated carbocycles. The molecule has 2 rings (SSSR count). The van der Waals surface area contributed by atoms with E-state index in [1.807, 2.05) is 0 Å². The van der Waals surface area contributed by atoms with Crippen molar-refractivity contribution in [3.05, 3.63) is 11.8 Å². The van der Waals surface area contributed by atoms with E-state index in [1.165, 1.54) is 72.7 Å². The smallest absolute Gasteiger partial charge is 0.459 e. The summed E-state index contributed by atoms with van der Waals surface area (Å²) in [5.74, 6) is 2.20. The summed E-state index contributed by atoms with van der Waals surface area (Å²) in [4.78, 5) is 12.5. The average Bonchev–Trinajstić information content (AvgIpc) is 2.76. The van der Waals surface area contributed by atoms with E-state index < -0.39 is 14.8 Å². The van der Waals surface area contributed by atoms with E-state index in [0.29, 0.717) is 0 Å². The molecule has 0 radical (unpaired) electrons. The zero-order chi connectivity index (χ0) is 21.3. The Bertz CT molecular complexity index is 495. The second kappa shape index (κ2) is 12.2. The maximum Gasteiger partial charge on any atom is 0.543 e. The van der Waals surface area contributed by atoms with E-state index in [4.69, 9.17) is 18.0 Å². The molecule has 0 bridgehead atoms. The Morgan fingerprint density at radius 2 is 1.38 bits per heavy atom. The summed E-state index contributed by atoms with van der Waals surface area (Å²) in [6.07, 6.45) is 15.4. The van der Waals surface area contributed by atoms with E-state index in [9.17, 15) is 4.79 Å². The molecule has 29 heavy (non-hydrogen) atoms. The summed E-state index contributed by atoms with van der Waals surface area (Å²) in [5.41, 5.74) is 0. The Morgan fingerprint density at radius 1 is 0.862 bits per heavy atom. The van der Waals surface area contributed by atoms with Gasteiger partial charge in [0.2, 0.25) is 0 Å². The highest BCUT2D eigenvalue weighted by Gasteiger charge is 2.47. The van der Waals surface area contributed by atoms with Crippen LogP contribution >= 0.6 is 0 Å². The highest BCUT2D eigenvalue weighted by Crippen LogP contribution is 2.41. The zero-order valence-electron chi connectivity index (χ0n) is 19.0. The summed E-state index contributed by atoms with van der Waals surface area (Å²) in [5, 5.41) is 0.175. The molecule has 0 saturated heterocycles. The SMILES string of the molecule is C=C(C(=O)OC1CCC(C2CCC(CCCCC)CC2)CC1)[Si](OC)(OC)OC. The van der Waals surface area contributed by atoms with Gasteiger partial charge in [-0.2, -0.15) is 0 Å². The first kappa shape index (κ1) is 24.6. The Morgan fingerprint density at radius 3 is 1.86 bits per heavy atom. The van der Waals surface area contributed by atoms with Crippen molar-refractivity contribution >= 4 is 14.8 Å². The van der Waals surface area contributed by atoms with Crippen molar-refractivity contribution in [3.63, 3.8) is 0 Å². The number of ether oxygens (including phenoxy) is 1. The van der Waals surface area contributed by atoms with Crippen LogP contribution in [0, 0.1) is 17.8 Å². The van der Waals surface area contributed by atoms with E-state index in [1.54, 1.807) is 0 Å². The summed E-state index contributed by atoms with van der Waals surface area (Å²) in [7, 11) is 1.22. The van der Waals surface area contributed by atoms with Crippen molar-refractivity contribution in [2.75, 3.05) is 21.3 Å². The largest absolute Gasteiger partial charge is 0.543 e. The van der Waals surface area contributed by atoms with Crippen LogP contribution in [0.25, 0.3) is 0 Å². The van der Waals surface area contributed by atoms with Crippen LogP contribution in [0.1, 0.15) is 84.0 Å². The van der Waals surface area contributed by atoms with Crippen LogP contribution in [0.3, 0.4) is 0 Å². The van der Waals surface area contributed by atoms with Gasteiger partial charge >= 0.3 is 14.8 Å². The lowest BCUT2D eigenvalue weighted by Gasteiger charge is -2.38. The van der Waals surface area contributed by atoms with Crippen LogP contribution in [-0.2, 0) is 22.8 Å².